The molecular weight excluding hydrogens is 300 g/mol. The van der Waals surface area contributed by atoms with Crippen LogP contribution >= 0.6 is 0 Å². The third-order valence-corrected chi connectivity index (χ3v) is 3.43. The van der Waals surface area contributed by atoms with E-state index in [4.69, 9.17) is 4.42 Å². The van der Waals surface area contributed by atoms with Gasteiger partial charge >= 0.3 is 0 Å². The Bertz CT molecular complexity index is 671. The lowest BCUT2D eigenvalue weighted by molar-refractivity contribution is 0.572. The van der Waals surface area contributed by atoms with Crippen molar-refractivity contribution < 1.29 is 4.42 Å². The third kappa shape index (κ3) is 5.57. The van der Waals surface area contributed by atoms with Gasteiger partial charge in [0.25, 0.3) is 0 Å². The summed E-state index contributed by atoms with van der Waals surface area (Å²) in [6, 6.07) is 8.13. The van der Waals surface area contributed by atoms with Gasteiger partial charge < -0.3 is 15.1 Å². The van der Waals surface area contributed by atoms with Crippen LogP contribution in [0.15, 0.2) is 52.1 Å². The number of benzene rings is 1. The van der Waals surface area contributed by atoms with E-state index in [9.17, 15) is 0 Å². The molecule has 1 aromatic carbocycles. The molecule has 0 saturated heterocycles. The van der Waals surface area contributed by atoms with Crippen molar-refractivity contribution in [2.24, 2.45) is 4.99 Å². The van der Waals surface area contributed by atoms with Gasteiger partial charge in [-0.05, 0) is 39.3 Å². The average Bonchev–Trinajstić information content (AvgIpc) is 3.06. The number of aryl methyl sites for hydroxylation is 1. The molecule has 0 aliphatic heterocycles. The minimum Gasteiger partial charge on any atom is -0.444 e. The Kier molecular flexibility index (Phi) is 7.08. The smallest absolute Gasteiger partial charge is 0.226 e. The Morgan fingerprint density at radius 2 is 2.04 bits per heavy atom. The molecular formula is C19H26N4O. The summed E-state index contributed by atoms with van der Waals surface area (Å²) >= 11 is 0. The summed E-state index contributed by atoms with van der Waals surface area (Å²) in [4.78, 5) is 9.06. The normalized spacial score (nSPS) is 11.9. The first-order valence-electron chi connectivity index (χ1n) is 8.37. The van der Waals surface area contributed by atoms with E-state index < -0.39 is 0 Å². The summed E-state index contributed by atoms with van der Waals surface area (Å²) in [7, 11) is 0. The summed E-state index contributed by atoms with van der Waals surface area (Å²) in [5, 5.41) is 6.53. The minimum absolute atomic E-state index is 0.480. The van der Waals surface area contributed by atoms with Gasteiger partial charge in [-0.25, -0.2) is 9.98 Å². The van der Waals surface area contributed by atoms with E-state index in [0.717, 1.165) is 36.7 Å². The molecule has 0 spiro atoms. The van der Waals surface area contributed by atoms with E-state index in [2.05, 4.69) is 52.7 Å². The fourth-order valence-electron chi connectivity index (χ4n) is 2.15. The monoisotopic (exact) mass is 326 g/mol. The highest BCUT2D eigenvalue weighted by molar-refractivity contribution is 5.79. The van der Waals surface area contributed by atoms with E-state index in [1.54, 1.807) is 6.26 Å². The molecule has 0 aliphatic carbocycles. The van der Waals surface area contributed by atoms with E-state index in [1.807, 2.05) is 25.1 Å². The lowest BCUT2D eigenvalue weighted by Crippen LogP contribution is -2.37. The second-order valence-corrected chi connectivity index (χ2v) is 5.49. The Morgan fingerprint density at radius 1 is 1.25 bits per heavy atom. The Morgan fingerprint density at radius 3 is 2.75 bits per heavy atom. The number of nitrogens with one attached hydrogen (secondary N) is 2. The number of nitrogens with zero attached hydrogens (tertiary/aromatic N) is 2. The van der Waals surface area contributed by atoms with E-state index in [1.165, 1.54) is 5.56 Å². The molecule has 5 heteroatoms. The molecule has 0 radical (unpaired) electrons. The van der Waals surface area contributed by atoms with Crippen molar-refractivity contribution in [3.05, 3.63) is 53.9 Å². The number of rotatable bonds is 7. The molecule has 2 N–H and O–H groups in total. The first-order valence-corrected chi connectivity index (χ1v) is 8.37. The van der Waals surface area contributed by atoms with Crippen molar-refractivity contribution >= 4 is 5.96 Å². The molecule has 0 fully saturated rings. The maximum absolute atomic E-state index is 5.57. The topological polar surface area (TPSA) is 62.5 Å². The summed E-state index contributed by atoms with van der Waals surface area (Å²) in [6.07, 6.45) is 6.82. The predicted octanol–water partition coefficient (Wildman–Crippen LogP) is 3.67. The molecule has 1 aromatic heterocycles. The zero-order chi connectivity index (χ0) is 17.2. The SMILES string of the molecule is CC=CCCNC(=NCc1coc(-c2ccc(C)cc2)n1)NCC. The van der Waals surface area contributed by atoms with Crippen LogP contribution in [0.25, 0.3) is 11.5 Å². The van der Waals surface area contributed by atoms with Crippen molar-refractivity contribution in [2.75, 3.05) is 13.1 Å². The number of aromatic nitrogens is 1. The average molecular weight is 326 g/mol. The van der Waals surface area contributed by atoms with Crippen LogP contribution in [0.3, 0.4) is 0 Å². The van der Waals surface area contributed by atoms with Crippen LogP contribution in [0.2, 0.25) is 0 Å². The van der Waals surface area contributed by atoms with Crippen LogP contribution < -0.4 is 10.6 Å². The maximum Gasteiger partial charge on any atom is 0.226 e. The van der Waals surface area contributed by atoms with Crippen LogP contribution in [0.5, 0.6) is 0 Å². The van der Waals surface area contributed by atoms with Gasteiger partial charge in [-0.15, -0.1) is 0 Å². The standard InChI is InChI=1S/C19H26N4O/c1-4-6-7-12-21-19(20-5-2)22-13-17-14-24-18(23-17)16-10-8-15(3)9-11-16/h4,6,8-11,14H,5,7,12-13H2,1-3H3,(H2,20,21,22). The minimum atomic E-state index is 0.480. The van der Waals surface area contributed by atoms with Crippen molar-refractivity contribution in [1.82, 2.24) is 15.6 Å². The molecule has 128 valence electrons. The van der Waals surface area contributed by atoms with E-state index >= 15 is 0 Å². The Labute approximate surface area is 143 Å². The molecule has 0 bridgehead atoms. The van der Waals surface area contributed by atoms with E-state index in [-0.39, 0.29) is 0 Å². The lowest BCUT2D eigenvalue weighted by Gasteiger charge is -2.09. The second kappa shape index (κ2) is 9.55. The third-order valence-electron chi connectivity index (χ3n) is 3.43. The molecule has 0 aliphatic rings. The predicted molar refractivity (Wildman–Crippen MR) is 98.9 cm³/mol. The number of oxazole rings is 1. The van der Waals surface area contributed by atoms with Gasteiger partial charge in [0, 0.05) is 18.7 Å². The zero-order valence-corrected chi connectivity index (χ0v) is 14.7. The highest BCUT2D eigenvalue weighted by atomic mass is 16.3. The van der Waals surface area contributed by atoms with Gasteiger partial charge in [0.2, 0.25) is 5.89 Å². The quantitative estimate of drug-likeness (QED) is 0.353. The molecule has 2 aromatic rings. The number of hydrogen-bond acceptors (Lipinski definition) is 3. The second-order valence-electron chi connectivity index (χ2n) is 5.49. The van der Waals surface area contributed by atoms with Crippen LogP contribution in [-0.4, -0.2) is 24.0 Å². The van der Waals surface area contributed by atoms with Crippen LogP contribution in [0.1, 0.15) is 31.5 Å². The molecule has 0 atom stereocenters. The van der Waals surface area contributed by atoms with Gasteiger partial charge in [0.15, 0.2) is 5.96 Å². The van der Waals surface area contributed by atoms with Crippen LogP contribution in [0.4, 0.5) is 0 Å². The highest BCUT2D eigenvalue weighted by Gasteiger charge is 2.06. The zero-order valence-electron chi connectivity index (χ0n) is 14.7. The number of guanidine groups is 1. The number of hydrogen-bond donors (Lipinski definition) is 2. The molecule has 0 amide bonds. The Hall–Kier alpha value is -2.56. The number of allylic oxidation sites excluding steroid dienone is 1. The highest BCUT2D eigenvalue weighted by Crippen LogP contribution is 2.19. The van der Waals surface area contributed by atoms with E-state index in [0.29, 0.717) is 12.4 Å². The summed E-state index contributed by atoms with van der Waals surface area (Å²) in [5.74, 6) is 1.42. The molecule has 1 heterocycles. The molecule has 2 rings (SSSR count). The van der Waals surface area contributed by atoms with Crippen LogP contribution in [0, 0.1) is 6.92 Å². The van der Waals surface area contributed by atoms with Gasteiger partial charge in [0.1, 0.15) is 12.0 Å². The van der Waals surface area contributed by atoms with Crippen LogP contribution in [-0.2, 0) is 6.54 Å². The molecule has 0 unspecified atom stereocenters. The maximum atomic E-state index is 5.57. The van der Waals surface area contributed by atoms with Gasteiger partial charge in [-0.2, -0.15) is 0 Å². The molecule has 5 nitrogen and oxygen atoms in total. The molecule has 24 heavy (non-hydrogen) atoms. The fourth-order valence-corrected chi connectivity index (χ4v) is 2.15. The van der Waals surface area contributed by atoms with Gasteiger partial charge in [0.05, 0.1) is 6.54 Å². The first-order chi connectivity index (χ1) is 11.7. The summed E-state index contributed by atoms with van der Waals surface area (Å²) < 4.78 is 5.57. The first kappa shape index (κ1) is 17.8. The summed E-state index contributed by atoms with van der Waals surface area (Å²) in [5.41, 5.74) is 3.01. The number of aliphatic imine (C=N–C) groups is 1. The van der Waals surface area contributed by atoms with Crippen molar-refractivity contribution in [3.8, 4) is 11.5 Å². The van der Waals surface area contributed by atoms with Gasteiger partial charge in [-0.1, -0.05) is 29.8 Å². The van der Waals surface area contributed by atoms with Crippen molar-refractivity contribution in [3.63, 3.8) is 0 Å². The molecule has 0 saturated carbocycles. The largest absolute Gasteiger partial charge is 0.444 e. The van der Waals surface area contributed by atoms with Gasteiger partial charge in [-0.3, -0.25) is 0 Å². The lowest BCUT2D eigenvalue weighted by atomic mass is 10.1. The Balaban J connectivity index is 1.97. The van der Waals surface area contributed by atoms with Crippen molar-refractivity contribution in [1.29, 1.82) is 0 Å². The summed E-state index contributed by atoms with van der Waals surface area (Å²) in [6.45, 7) is 8.29. The fraction of sp³-hybridized carbons (Fsp3) is 0.368. The van der Waals surface area contributed by atoms with Crippen molar-refractivity contribution in [2.45, 2.75) is 33.7 Å².